The summed E-state index contributed by atoms with van der Waals surface area (Å²) in [7, 11) is 0. The van der Waals surface area contributed by atoms with Crippen LogP contribution >= 0.6 is 27.7 Å². The fourth-order valence-corrected chi connectivity index (χ4v) is 4.77. The summed E-state index contributed by atoms with van der Waals surface area (Å²) in [4.78, 5) is 26.6. The average molecular weight is 507 g/mol. The van der Waals surface area contributed by atoms with Gasteiger partial charge in [-0.2, -0.15) is 0 Å². The van der Waals surface area contributed by atoms with Gasteiger partial charge in [-0.15, -0.1) is 10.2 Å². The summed E-state index contributed by atoms with van der Waals surface area (Å²) in [5.74, 6) is -0.0566. The number of fused-ring (bicyclic) bond motifs is 1. The van der Waals surface area contributed by atoms with Crippen molar-refractivity contribution in [1.82, 2.24) is 19.7 Å². The van der Waals surface area contributed by atoms with Gasteiger partial charge in [0.2, 0.25) is 0 Å². The van der Waals surface area contributed by atoms with E-state index in [0.717, 1.165) is 10.2 Å². The van der Waals surface area contributed by atoms with E-state index in [1.807, 2.05) is 30.3 Å². The van der Waals surface area contributed by atoms with Crippen molar-refractivity contribution in [3.63, 3.8) is 0 Å². The van der Waals surface area contributed by atoms with E-state index in [-0.39, 0.29) is 23.4 Å². The number of imide groups is 1. The second-order valence-corrected chi connectivity index (χ2v) is 8.82. The van der Waals surface area contributed by atoms with Gasteiger partial charge < -0.3 is 5.11 Å². The Kier molecular flexibility index (Phi) is 5.28. The minimum Gasteiger partial charge on any atom is -0.507 e. The molecule has 5 rings (SSSR count). The first-order valence-electron chi connectivity index (χ1n) is 9.62. The number of halogens is 1. The molecular weight excluding hydrogens is 492 g/mol. The van der Waals surface area contributed by atoms with Gasteiger partial charge >= 0.3 is 0 Å². The van der Waals surface area contributed by atoms with Gasteiger partial charge in [0.15, 0.2) is 11.0 Å². The number of rotatable bonds is 5. The van der Waals surface area contributed by atoms with Crippen LogP contribution in [0.15, 0.2) is 82.4 Å². The van der Waals surface area contributed by atoms with E-state index < -0.39 is 0 Å². The summed E-state index contributed by atoms with van der Waals surface area (Å²) in [5.41, 5.74) is 2.10. The molecule has 32 heavy (non-hydrogen) atoms. The van der Waals surface area contributed by atoms with Crippen molar-refractivity contribution in [2.45, 2.75) is 5.16 Å². The fourth-order valence-electron chi connectivity index (χ4n) is 3.51. The molecule has 0 fully saturated rings. The lowest BCUT2D eigenvalue weighted by Crippen LogP contribution is -2.29. The molecule has 7 nitrogen and oxygen atoms in total. The Hall–Kier alpha value is -3.43. The maximum atomic E-state index is 12.7. The van der Waals surface area contributed by atoms with E-state index in [2.05, 4.69) is 26.1 Å². The Bertz CT molecular complexity index is 1320. The molecule has 1 N–H and O–H groups in total. The number of aromatic hydroxyl groups is 1. The standard InChI is InChI=1S/C23H15BrN4O3S/c24-14-10-11-19(29)18(12-14)20-25-26-23(28(20)15-6-2-1-3-7-15)32-13-27-21(30)16-8-4-5-9-17(16)22(27)31/h1-12,29H,13H2. The lowest BCUT2D eigenvalue weighted by molar-refractivity contribution is 0.0684. The van der Waals surface area contributed by atoms with Gasteiger partial charge in [-0.3, -0.25) is 19.1 Å². The summed E-state index contributed by atoms with van der Waals surface area (Å²) < 4.78 is 2.58. The molecule has 0 spiro atoms. The first-order valence-corrected chi connectivity index (χ1v) is 11.4. The third kappa shape index (κ3) is 3.49. The van der Waals surface area contributed by atoms with Gasteiger partial charge in [0.1, 0.15) is 5.75 Å². The maximum absolute atomic E-state index is 12.7. The van der Waals surface area contributed by atoms with Crippen molar-refractivity contribution in [3.05, 3.63) is 88.4 Å². The summed E-state index contributed by atoms with van der Waals surface area (Å²) in [5, 5.41) is 19.5. The van der Waals surface area contributed by atoms with E-state index in [4.69, 9.17) is 0 Å². The van der Waals surface area contributed by atoms with Gasteiger partial charge in [-0.25, -0.2) is 0 Å². The Balaban J connectivity index is 1.52. The number of para-hydroxylation sites is 1. The van der Waals surface area contributed by atoms with Crippen LogP contribution in [0.5, 0.6) is 5.75 Å². The number of carbonyl (C=O) groups excluding carboxylic acids is 2. The van der Waals surface area contributed by atoms with Gasteiger partial charge in [0.05, 0.1) is 22.6 Å². The predicted molar refractivity (Wildman–Crippen MR) is 124 cm³/mol. The van der Waals surface area contributed by atoms with Crippen LogP contribution < -0.4 is 0 Å². The van der Waals surface area contributed by atoms with Crippen molar-refractivity contribution in [3.8, 4) is 22.8 Å². The first-order chi connectivity index (χ1) is 15.5. The zero-order valence-corrected chi connectivity index (χ0v) is 18.9. The summed E-state index contributed by atoms with van der Waals surface area (Å²) in [6, 6.07) is 21.3. The smallest absolute Gasteiger partial charge is 0.262 e. The fraction of sp³-hybridized carbons (Fsp3) is 0.0435. The Morgan fingerprint density at radius 1 is 0.844 bits per heavy atom. The minimum absolute atomic E-state index is 0.0645. The number of phenolic OH excluding ortho intramolecular Hbond substituents is 1. The highest BCUT2D eigenvalue weighted by Gasteiger charge is 2.35. The zero-order valence-electron chi connectivity index (χ0n) is 16.5. The molecule has 0 unspecified atom stereocenters. The number of amides is 2. The Morgan fingerprint density at radius 3 is 2.19 bits per heavy atom. The monoisotopic (exact) mass is 506 g/mol. The highest BCUT2D eigenvalue weighted by molar-refractivity contribution is 9.10. The number of nitrogens with zero attached hydrogens (tertiary/aromatic N) is 4. The highest BCUT2D eigenvalue weighted by Crippen LogP contribution is 2.35. The van der Waals surface area contributed by atoms with Crippen molar-refractivity contribution in [2.24, 2.45) is 0 Å². The normalized spacial score (nSPS) is 13.0. The van der Waals surface area contributed by atoms with E-state index in [1.54, 1.807) is 47.0 Å². The lowest BCUT2D eigenvalue weighted by Gasteiger charge is -2.14. The quantitative estimate of drug-likeness (QED) is 0.310. The van der Waals surface area contributed by atoms with Crippen LogP contribution in [0, 0.1) is 0 Å². The number of aromatic nitrogens is 3. The van der Waals surface area contributed by atoms with E-state index in [0.29, 0.717) is 27.7 Å². The second-order valence-electron chi connectivity index (χ2n) is 7.00. The summed E-state index contributed by atoms with van der Waals surface area (Å²) in [6.45, 7) is 0. The molecule has 0 radical (unpaired) electrons. The molecule has 0 atom stereocenters. The lowest BCUT2D eigenvalue weighted by atomic mass is 10.1. The number of phenols is 1. The molecule has 0 bridgehead atoms. The molecule has 0 saturated heterocycles. The summed E-state index contributed by atoms with van der Waals surface area (Å²) >= 11 is 4.65. The zero-order chi connectivity index (χ0) is 22.2. The molecule has 9 heteroatoms. The third-order valence-corrected chi connectivity index (χ3v) is 6.45. The topological polar surface area (TPSA) is 88.3 Å². The van der Waals surface area contributed by atoms with Crippen LogP contribution in [0.25, 0.3) is 17.1 Å². The van der Waals surface area contributed by atoms with Crippen molar-refractivity contribution >= 4 is 39.5 Å². The van der Waals surface area contributed by atoms with Gasteiger partial charge in [0, 0.05) is 10.2 Å². The van der Waals surface area contributed by atoms with Crippen molar-refractivity contribution in [1.29, 1.82) is 0 Å². The first kappa shape index (κ1) is 20.5. The number of hydrogen-bond acceptors (Lipinski definition) is 6. The van der Waals surface area contributed by atoms with Crippen LogP contribution in [0.4, 0.5) is 0 Å². The molecule has 158 valence electrons. The van der Waals surface area contributed by atoms with E-state index in [1.165, 1.54) is 16.7 Å². The molecule has 3 aromatic carbocycles. The van der Waals surface area contributed by atoms with Crippen LogP contribution in [0.2, 0.25) is 0 Å². The minimum atomic E-state index is -0.325. The van der Waals surface area contributed by atoms with E-state index >= 15 is 0 Å². The maximum Gasteiger partial charge on any atom is 0.262 e. The van der Waals surface area contributed by atoms with Gasteiger partial charge in [0.25, 0.3) is 11.8 Å². The van der Waals surface area contributed by atoms with Crippen LogP contribution in [0.3, 0.4) is 0 Å². The average Bonchev–Trinajstić information content (AvgIpc) is 3.34. The molecular formula is C23H15BrN4O3S. The number of thioether (sulfide) groups is 1. The molecule has 0 aliphatic carbocycles. The molecule has 0 saturated carbocycles. The van der Waals surface area contributed by atoms with Crippen LogP contribution in [-0.2, 0) is 0 Å². The number of benzene rings is 3. The van der Waals surface area contributed by atoms with Gasteiger partial charge in [-0.05, 0) is 42.5 Å². The molecule has 4 aromatic rings. The second kappa shape index (κ2) is 8.25. The van der Waals surface area contributed by atoms with Crippen molar-refractivity contribution < 1.29 is 14.7 Å². The molecule has 2 heterocycles. The van der Waals surface area contributed by atoms with Crippen molar-refractivity contribution in [2.75, 3.05) is 5.88 Å². The molecule has 1 aromatic heterocycles. The Morgan fingerprint density at radius 2 is 1.50 bits per heavy atom. The number of hydrogen-bond donors (Lipinski definition) is 1. The molecule has 1 aliphatic rings. The number of carbonyl (C=O) groups is 2. The predicted octanol–water partition coefficient (Wildman–Crippen LogP) is 4.75. The Labute approximate surface area is 195 Å². The van der Waals surface area contributed by atoms with Gasteiger partial charge in [-0.1, -0.05) is 58.0 Å². The van der Waals surface area contributed by atoms with Crippen LogP contribution in [-0.4, -0.2) is 42.5 Å². The molecule has 1 aliphatic heterocycles. The summed E-state index contributed by atoms with van der Waals surface area (Å²) in [6.07, 6.45) is 0. The molecule has 2 amide bonds. The van der Waals surface area contributed by atoms with E-state index in [9.17, 15) is 14.7 Å². The third-order valence-electron chi connectivity index (χ3n) is 5.05. The largest absolute Gasteiger partial charge is 0.507 e. The SMILES string of the molecule is O=C1c2ccccc2C(=O)N1CSc1nnc(-c2cc(Br)ccc2O)n1-c1ccccc1. The highest BCUT2D eigenvalue weighted by atomic mass is 79.9. The van der Waals surface area contributed by atoms with Crippen LogP contribution in [0.1, 0.15) is 20.7 Å².